The summed E-state index contributed by atoms with van der Waals surface area (Å²) in [6.07, 6.45) is 2.10. The maximum absolute atomic E-state index is 11.8. The van der Waals surface area contributed by atoms with Gasteiger partial charge in [-0.25, -0.2) is 0 Å². The van der Waals surface area contributed by atoms with E-state index in [1.54, 1.807) is 0 Å². The summed E-state index contributed by atoms with van der Waals surface area (Å²) in [5.74, 6) is 0.689. The second-order valence-electron chi connectivity index (χ2n) is 4.87. The van der Waals surface area contributed by atoms with Gasteiger partial charge in [-0.2, -0.15) is 0 Å². The Hall–Kier alpha value is -0.320. The van der Waals surface area contributed by atoms with Crippen molar-refractivity contribution in [3.63, 3.8) is 0 Å². The summed E-state index contributed by atoms with van der Waals surface area (Å²) in [5, 5.41) is 2.94. The molecule has 0 spiro atoms. The van der Waals surface area contributed by atoms with Crippen LogP contribution in [-0.2, 0) is 4.79 Å². The van der Waals surface area contributed by atoms with Crippen molar-refractivity contribution in [2.24, 2.45) is 11.7 Å². The molecule has 1 rings (SSSR count). The largest absolute Gasteiger partial charge is 0.355 e. The highest BCUT2D eigenvalue weighted by molar-refractivity contribution is 5.85. The van der Waals surface area contributed by atoms with Crippen LogP contribution in [0.3, 0.4) is 0 Å². The third-order valence-electron chi connectivity index (χ3n) is 3.48. The molecule has 4 nitrogen and oxygen atoms in total. The van der Waals surface area contributed by atoms with E-state index in [4.69, 9.17) is 5.73 Å². The molecule has 0 aliphatic carbocycles. The number of nitrogens with two attached hydrogens (primary N) is 1. The summed E-state index contributed by atoms with van der Waals surface area (Å²) in [5.41, 5.74) is 5.89. The molecule has 0 bridgehead atoms. The zero-order chi connectivity index (χ0) is 12.1. The lowest BCUT2D eigenvalue weighted by atomic mass is 10.0. The number of nitrogens with one attached hydrogen (secondary N) is 1. The van der Waals surface area contributed by atoms with Crippen LogP contribution in [0, 0.1) is 5.92 Å². The normalized spacial score (nSPS) is 23.9. The van der Waals surface area contributed by atoms with Crippen molar-refractivity contribution in [1.29, 1.82) is 0 Å². The Morgan fingerprint density at radius 3 is 2.65 bits per heavy atom. The molecular weight excluding hydrogens is 238 g/mol. The van der Waals surface area contributed by atoms with Gasteiger partial charge in [-0.1, -0.05) is 6.92 Å². The predicted molar refractivity (Wildman–Crippen MR) is 73.3 cm³/mol. The van der Waals surface area contributed by atoms with E-state index >= 15 is 0 Å². The average molecular weight is 264 g/mol. The molecule has 3 unspecified atom stereocenters. The zero-order valence-corrected chi connectivity index (χ0v) is 11.9. The van der Waals surface area contributed by atoms with Gasteiger partial charge >= 0.3 is 0 Å². The number of rotatable bonds is 5. The summed E-state index contributed by atoms with van der Waals surface area (Å²) < 4.78 is 0. The first-order chi connectivity index (χ1) is 7.56. The van der Waals surface area contributed by atoms with Gasteiger partial charge in [0.05, 0.1) is 6.04 Å². The van der Waals surface area contributed by atoms with Crippen LogP contribution < -0.4 is 11.1 Å². The molecule has 3 atom stereocenters. The first kappa shape index (κ1) is 16.7. The quantitative estimate of drug-likeness (QED) is 0.778. The Labute approximate surface area is 111 Å². The van der Waals surface area contributed by atoms with Crippen molar-refractivity contribution in [3.8, 4) is 0 Å². The molecule has 1 aliphatic heterocycles. The van der Waals surface area contributed by atoms with Gasteiger partial charge in [-0.3, -0.25) is 9.69 Å². The number of likely N-dealkylation sites (tertiary alicyclic amines) is 1. The molecule has 0 aromatic rings. The van der Waals surface area contributed by atoms with Crippen molar-refractivity contribution in [1.82, 2.24) is 10.2 Å². The highest BCUT2D eigenvalue weighted by Gasteiger charge is 2.30. The maximum atomic E-state index is 11.8. The van der Waals surface area contributed by atoms with Gasteiger partial charge in [-0.15, -0.1) is 12.4 Å². The first-order valence-electron chi connectivity index (χ1n) is 6.33. The topological polar surface area (TPSA) is 58.4 Å². The Morgan fingerprint density at radius 2 is 2.18 bits per heavy atom. The lowest BCUT2D eigenvalue weighted by Crippen LogP contribution is -2.44. The molecule has 5 heteroatoms. The second-order valence-corrected chi connectivity index (χ2v) is 4.87. The smallest absolute Gasteiger partial charge is 0.237 e. The van der Waals surface area contributed by atoms with E-state index in [9.17, 15) is 4.79 Å². The van der Waals surface area contributed by atoms with Gasteiger partial charge < -0.3 is 11.1 Å². The summed E-state index contributed by atoms with van der Waals surface area (Å²) >= 11 is 0. The number of nitrogens with zero attached hydrogens (tertiary/aromatic N) is 1. The highest BCUT2D eigenvalue weighted by Crippen LogP contribution is 2.20. The van der Waals surface area contributed by atoms with Gasteiger partial charge in [0.1, 0.15) is 0 Å². The summed E-state index contributed by atoms with van der Waals surface area (Å²) in [4.78, 5) is 14.0. The standard InChI is InChI=1S/C12H25N3O.ClH/c1-4-6-14-12(16)10(3)15-7-5-11(8-15)9(2)13;/h9-11H,4-8,13H2,1-3H3,(H,14,16);1H. The predicted octanol–water partition coefficient (Wildman–Crippen LogP) is 0.992. The van der Waals surface area contributed by atoms with Gasteiger partial charge in [-0.05, 0) is 39.2 Å². The molecule has 1 saturated heterocycles. The van der Waals surface area contributed by atoms with Gasteiger partial charge in [0.2, 0.25) is 5.91 Å². The molecule has 0 saturated carbocycles. The first-order valence-corrected chi connectivity index (χ1v) is 6.33. The van der Waals surface area contributed by atoms with E-state index in [1.807, 2.05) is 6.92 Å². The number of carbonyl (C=O) groups is 1. The molecule has 0 radical (unpaired) electrons. The van der Waals surface area contributed by atoms with Gasteiger partial charge in [0.25, 0.3) is 0 Å². The van der Waals surface area contributed by atoms with E-state index in [-0.39, 0.29) is 30.4 Å². The van der Waals surface area contributed by atoms with Crippen molar-refractivity contribution in [3.05, 3.63) is 0 Å². The lowest BCUT2D eigenvalue weighted by molar-refractivity contribution is -0.125. The van der Waals surface area contributed by atoms with Crippen LogP contribution in [0.2, 0.25) is 0 Å². The fraction of sp³-hybridized carbons (Fsp3) is 0.917. The molecule has 3 N–H and O–H groups in total. The van der Waals surface area contributed by atoms with Crippen molar-refractivity contribution >= 4 is 18.3 Å². The molecule has 0 aromatic heterocycles. The fourth-order valence-corrected chi connectivity index (χ4v) is 2.16. The third kappa shape index (κ3) is 4.82. The Morgan fingerprint density at radius 1 is 1.53 bits per heavy atom. The third-order valence-corrected chi connectivity index (χ3v) is 3.48. The van der Waals surface area contributed by atoms with E-state index in [2.05, 4.69) is 24.1 Å². The highest BCUT2D eigenvalue weighted by atomic mass is 35.5. The van der Waals surface area contributed by atoms with Crippen LogP contribution in [0.25, 0.3) is 0 Å². The Kier molecular flexibility index (Phi) is 7.75. The SMILES string of the molecule is CCCNC(=O)C(C)N1CCC(C(C)N)C1.Cl. The molecule has 102 valence electrons. The van der Waals surface area contributed by atoms with E-state index < -0.39 is 0 Å². The second kappa shape index (κ2) is 7.90. The molecule has 0 aromatic carbocycles. The zero-order valence-electron chi connectivity index (χ0n) is 11.1. The van der Waals surface area contributed by atoms with Crippen LogP contribution in [0.15, 0.2) is 0 Å². The van der Waals surface area contributed by atoms with Crippen molar-refractivity contribution in [2.75, 3.05) is 19.6 Å². The van der Waals surface area contributed by atoms with Crippen LogP contribution in [0.1, 0.15) is 33.6 Å². The summed E-state index contributed by atoms with van der Waals surface area (Å²) in [6.45, 7) is 8.82. The minimum absolute atomic E-state index is 0. The number of halogens is 1. The number of hydrogen-bond donors (Lipinski definition) is 2. The van der Waals surface area contributed by atoms with E-state index in [0.717, 1.165) is 32.5 Å². The minimum Gasteiger partial charge on any atom is -0.355 e. The minimum atomic E-state index is -0.0182. The number of hydrogen-bond acceptors (Lipinski definition) is 3. The van der Waals surface area contributed by atoms with Crippen LogP contribution >= 0.6 is 12.4 Å². The van der Waals surface area contributed by atoms with E-state index in [0.29, 0.717) is 5.92 Å². The number of carbonyl (C=O) groups excluding carboxylic acids is 1. The molecule has 1 heterocycles. The number of amides is 1. The molecule has 1 fully saturated rings. The Bertz CT molecular complexity index is 236. The molecule has 1 aliphatic rings. The van der Waals surface area contributed by atoms with Crippen LogP contribution in [0.4, 0.5) is 0 Å². The van der Waals surface area contributed by atoms with Crippen LogP contribution in [0.5, 0.6) is 0 Å². The van der Waals surface area contributed by atoms with Crippen LogP contribution in [-0.4, -0.2) is 42.5 Å². The maximum Gasteiger partial charge on any atom is 0.237 e. The van der Waals surface area contributed by atoms with Gasteiger partial charge in [0, 0.05) is 19.1 Å². The monoisotopic (exact) mass is 263 g/mol. The lowest BCUT2D eigenvalue weighted by Gasteiger charge is -2.24. The van der Waals surface area contributed by atoms with Gasteiger partial charge in [0.15, 0.2) is 0 Å². The van der Waals surface area contributed by atoms with Crippen molar-refractivity contribution < 1.29 is 4.79 Å². The fourth-order valence-electron chi connectivity index (χ4n) is 2.16. The average Bonchev–Trinajstić information content (AvgIpc) is 2.74. The summed E-state index contributed by atoms with van der Waals surface area (Å²) in [7, 11) is 0. The summed E-state index contributed by atoms with van der Waals surface area (Å²) in [6, 6.07) is 0.214. The van der Waals surface area contributed by atoms with E-state index in [1.165, 1.54) is 0 Å². The molecular formula is C12H26ClN3O. The molecule has 17 heavy (non-hydrogen) atoms. The molecule has 1 amide bonds. The van der Waals surface area contributed by atoms with Crippen molar-refractivity contribution in [2.45, 2.75) is 45.7 Å². The Balaban J connectivity index is 0.00000256.